The van der Waals surface area contributed by atoms with Gasteiger partial charge in [-0.25, -0.2) is 0 Å². The molecular weight excluding hydrogens is 422 g/mol. The van der Waals surface area contributed by atoms with Crippen LogP contribution < -0.4 is 10.6 Å². The van der Waals surface area contributed by atoms with Crippen molar-refractivity contribution in [3.8, 4) is 6.07 Å². The van der Waals surface area contributed by atoms with Crippen LogP contribution in [-0.4, -0.2) is 5.78 Å². The zero-order chi connectivity index (χ0) is 19.1. The third kappa shape index (κ3) is 2.91. The van der Waals surface area contributed by atoms with Crippen LogP contribution in [0.5, 0.6) is 0 Å². The number of allylic oxidation sites excluding steroid dienone is 3. The zero-order valence-electron chi connectivity index (χ0n) is 14.8. The van der Waals surface area contributed by atoms with Crippen LogP contribution in [0, 0.1) is 18.3 Å². The molecule has 1 atom stereocenters. The minimum Gasteiger partial charge on any atom is -0.384 e. The van der Waals surface area contributed by atoms with Gasteiger partial charge in [-0.15, -0.1) is 11.3 Å². The maximum atomic E-state index is 13.0. The molecule has 136 valence electrons. The highest BCUT2D eigenvalue weighted by Gasteiger charge is 2.41. The summed E-state index contributed by atoms with van der Waals surface area (Å²) in [7, 11) is 0. The molecule has 2 aliphatic rings. The van der Waals surface area contributed by atoms with E-state index in [1.807, 2.05) is 48.2 Å². The number of aryl methyl sites for hydroxylation is 1. The number of ketones is 1. The third-order valence-electron chi connectivity index (χ3n) is 5.05. The molecule has 4 rings (SSSR count). The van der Waals surface area contributed by atoms with Gasteiger partial charge in [0, 0.05) is 31.9 Å². The van der Waals surface area contributed by atoms with Gasteiger partial charge in [0.1, 0.15) is 5.82 Å². The van der Waals surface area contributed by atoms with Crippen LogP contribution in [0.25, 0.3) is 0 Å². The van der Waals surface area contributed by atoms with Gasteiger partial charge in [0.15, 0.2) is 5.78 Å². The fourth-order valence-corrected chi connectivity index (χ4v) is 5.35. The number of carbonyl (C=O) groups is 1. The summed E-state index contributed by atoms with van der Waals surface area (Å²) in [4.78, 5) is 17.0. The van der Waals surface area contributed by atoms with E-state index in [4.69, 9.17) is 5.73 Å². The molecule has 1 aliphatic carbocycles. The first-order valence-electron chi connectivity index (χ1n) is 8.80. The summed E-state index contributed by atoms with van der Waals surface area (Å²) in [6, 6.07) is 14.1. The van der Waals surface area contributed by atoms with Crippen molar-refractivity contribution in [2.24, 2.45) is 5.73 Å². The number of hydrogen-bond acceptors (Lipinski definition) is 5. The fraction of sp³-hybridized carbons (Fsp3) is 0.238. The molecule has 6 heteroatoms. The molecule has 1 aromatic heterocycles. The zero-order valence-corrected chi connectivity index (χ0v) is 17.2. The molecule has 0 fully saturated rings. The van der Waals surface area contributed by atoms with E-state index in [0.717, 1.165) is 44.0 Å². The molecule has 0 bridgehead atoms. The van der Waals surface area contributed by atoms with Crippen LogP contribution in [-0.2, 0) is 4.79 Å². The van der Waals surface area contributed by atoms with Gasteiger partial charge in [-0.2, -0.15) is 5.26 Å². The van der Waals surface area contributed by atoms with Crippen LogP contribution in [0.2, 0.25) is 0 Å². The number of Topliss-reactive ketones (excluding diaryl/α,β-unsaturated/α-hetero) is 1. The molecule has 0 amide bonds. The second-order valence-electron chi connectivity index (χ2n) is 6.72. The highest BCUT2D eigenvalue weighted by Crippen LogP contribution is 2.48. The van der Waals surface area contributed by atoms with Crippen molar-refractivity contribution < 1.29 is 4.79 Å². The van der Waals surface area contributed by atoms with E-state index >= 15 is 0 Å². The Morgan fingerprint density at radius 2 is 2.04 bits per heavy atom. The summed E-state index contributed by atoms with van der Waals surface area (Å²) in [6.45, 7) is 2.03. The number of hydrogen-bond donors (Lipinski definition) is 1. The Bertz CT molecular complexity index is 1040. The van der Waals surface area contributed by atoms with Crippen LogP contribution in [0.1, 0.15) is 34.9 Å². The summed E-state index contributed by atoms with van der Waals surface area (Å²) < 4.78 is 0.875. The van der Waals surface area contributed by atoms with Gasteiger partial charge in [-0.05, 0) is 60.0 Å². The minimum absolute atomic E-state index is 0.115. The van der Waals surface area contributed by atoms with Gasteiger partial charge in [0.25, 0.3) is 0 Å². The standard InChI is InChI=1S/C21H18BrN3OS/c1-12-9-10-18(27-12)19-13(11-23)21(24)25(15-6-3-2-5-14(15)22)16-7-4-8-17(26)20(16)19/h2-3,5-6,9-10,19H,4,7-8,24H2,1H3/t19-/m1/s1. The molecule has 0 saturated carbocycles. The Labute approximate surface area is 170 Å². The predicted molar refractivity (Wildman–Crippen MR) is 111 cm³/mol. The molecule has 0 saturated heterocycles. The Kier molecular flexibility index (Phi) is 4.67. The van der Waals surface area contributed by atoms with Crippen LogP contribution in [0.3, 0.4) is 0 Å². The molecule has 27 heavy (non-hydrogen) atoms. The smallest absolute Gasteiger partial charge is 0.161 e. The Hall–Kier alpha value is -2.36. The number of para-hydroxylation sites is 1. The number of halogens is 1. The van der Waals surface area contributed by atoms with Crippen molar-refractivity contribution in [3.05, 3.63) is 73.3 Å². The van der Waals surface area contributed by atoms with E-state index in [9.17, 15) is 10.1 Å². The van der Waals surface area contributed by atoms with Crippen LogP contribution in [0.4, 0.5) is 5.69 Å². The predicted octanol–water partition coefficient (Wildman–Crippen LogP) is 5.12. The Balaban J connectivity index is 1.99. The second-order valence-corrected chi connectivity index (χ2v) is 8.89. The normalized spacial score (nSPS) is 20.0. The molecule has 0 unspecified atom stereocenters. The molecule has 1 aromatic carbocycles. The lowest BCUT2D eigenvalue weighted by atomic mass is 9.78. The topological polar surface area (TPSA) is 70.1 Å². The van der Waals surface area contributed by atoms with Crippen molar-refractivity contribution in [2.45, 2.75) is 32.1 Å². The van der Waals surface area contributed by atoms with Crippen LogP contribution >= 0.6 is 27.3 Å². The van der Waals surface area contributed by atoms with Crippen molar-refractivity contribution in [2.75, 3.05) is 4.90 Å². The van der Waals surface area contributed by atoms with Gasteiger partial charge >= 0.3 is 0 Å². The number of rotatable bonds is 2. The van der Waals surface area contributed by atoms with E-state index < -0.39 is 0 Å². The van der Waals surface area contributed by atoms with Crippen LogP contribution in [0.15, 0.2) is 63.5 Å². The number of carbonyl (C=O) groups excluding carboxylic acids is 1. The average molecular weight is 440 g/mol. The summed E-state index contributed by atoms with van der Waals surface area (Å²) in [5.74, 6) is 0.161. The van der Waals surface area contributed by atoms with Gasteiger partial charge in [-0.3, -0.25) is 9.69 Å². The molecule has 2 N–H and O–H groups in total. The molecule has 4 nitrogen and oxygen atoms in total. The quantitative estimate of drug-likeness (QED) is 0.704. The number of benzene rings is 1. The van der Waals surface area contributed by atoms with Gasteiger partial charge in [0.2, 0.25) is 0 Å². The number of nitrogens with zero attached hydrogens (tertiary/aromatic N) is 2. The minimum atomic E-state index is -0.366. The summed E-state index contributed by atoms with van der Waals surface area (Å²) in [6.07, 6.45) is 2.08. The van der Waals surface area contributed by atoms with E-state index in [2.05, 4.69) is 22.0 Å². The number of nitrogens with two attached hydrogens (primary N) is 1. The van der Waals surface area contributed by atoms with Gasteiger partial charge in [0.05, 0.1) is 23.2 Å². The average Bonchev–Trinajstić information content (AvgIpc) is 3.08. The molecule has 2 heterocycles. The first-order chi connectivity index (χ1) is 13.0. The van der Waals surface area contributed by atoms with E-state index in [1.165, 1.54) is 0 Å². The summed E-state index contributed by atoms with van der Waals surface area (Å²) in [5, 5.41) is 9.95. The van der Waals surface area contributed by atoms with Gasteiger partial charge in [-0.1, -0.05) is 12.1 Å². The SMILES string of the molecule is Cc1ccc([C@H]2C(C#N)=C(N)N(c3ccccc3Br)C3=C2C(=O)CCC3)s1. The lowest BCUT2D eigenvalue weighted by molar-refractivity contribution is -0.116. The molecule has 0 radical (unpaired) electrons. The highest BCUT2D eigenvalue weighted by atomic mass is 79.9. The maximum Gasteiger partial charge on any atom is 0.161 e. The summed E-state index contributed by atoms with van der Waals surface area (Å²) >= 11 is 5.21. The molecule has 0 spiro atoms. The van der Waals surface area contributed by atoms with Gasteiger partial charge < -0.3 is 5.73 Å². The Morgan fingerprint density at radius 1 is 1.26 bits per heavy atom. The first kappa shape index (κ1) is 18.0. The molecular formula is C21H18BrN3OS. The van der Waals surface area contributed by atoms with E-state index in [0.29, 0.717) is 17.8 Å². The number of anilines is 1. The third-order valence-corrected chi connectivity index (χ3v) is 6.79. The van der Waals surface area contributed by atoms with E-state index in [1.54, 1.807) is 11.3 Å². The van der Waals surface area contributed by atoms with Crippen molar-refractivity contribution >= 4 is 38.7 Å². The van der Waals surface area contributed by atoms with Crippen molar-refractivity contribution in [1.82, 2.24) is 0 Å². The maximum absolute atomic E-state index is 13.0. The number of nitriles is 1. The van der Waals surface area contributed by atoms with E-state index in [-0.39, 0.29) is 11.7 Å². The second kappa shape index (κ2) is 6.99. The molecule has 1 aliphatic heterocycles. The molecule has 2 aromatic rings. The largest absolute Gasteiger partial charge is 0.384 e. The first-order valence-corrected chi connectivity index (χ1v) is 10.4. The van der Waals surface area contributed by atoms with Crippen molar-refractivity contribution in [1.29, 1.82) is 5.26 Å². The fourth-order valence-electron chi connectivity index (χ4n) is 3.89. The summed E-state index contributed by atoms with van der Waals surface area (Å²) in [5.41, 5.74) is 9.49. The lowest BCUT2D eigenvalue weighted by Crippen LogP contribution is -2.38. The highest BCUT2D eigenvalue weighted by molar-refractivity contribution is 9.10. The number of thiophene rings is 1. The van der Waals surface area contributed by atoms with Crippen molar-refractivity contribution in [3.63, 3.8) is 0 Å². The monoisotopic (exact) mass is 439 g/mol. The Morgan fingerprint density at radius 3 is 2.70 bits per heavy atom. The lowest BCUT2D eigenvalue weighted by Gasteiger charge is -2.39.